The van der Waals surface area contributed by atoms with E-state index in [0.29, 0.717) is 5.69 Å². The van der Waals surface area contributed by atoms with Crippen LogP contribution in [-0.2, 0) is 12.8 Å². The quantitative estimate of drug-likeness (QED) is 0.925. The third-order valence-electron chi connectivity index (χ3n) is 3.75. The van der Waals surface area contributed by atoms with Crippen LogP contribution in [0.1, 0.15) is 18.1 Å². The Labute approximate surface area is 116 Å². The summed E-state index contributed by atoms with van der Waals surface area (Å²) in [4.78, 5) is 4.23. The maximum atomic E-state index is 13.0. The minimum Gasteiger partial charge on any atom is -0.392 e. The van der Waals surface area contributed by atoms with Gasteiger partial charge in [0.25, 0.3) is 0 Å². The molecule has 1 saturated heterocycles. The highest BCUT2D eigenvalue weighted by Gasteiger charge is 2.34. The number of hydrogen-bond donors (Lipinski definition) is 1. The van der Waals surface area contributed by atoms with Crippen LogP contribution in [0.2, 0.25) is 0 Å². The normalized spacial score (nSPS) is 17.6. The lowest BCUT2D eigenvalue weighted by Crippen LogP contribution is -2.46. The highest BCUT2D eigenvalue weighted by Crippen LogP contribution is 2.34. The smallest absolute Gasteiger partial charge is 0.392 e. The second-order valence-electron chi connectivity index (χ2n) is 4.92. The van der Waals surface area contributed by atoms with Crippen molar-refractivity contribution in [2.75, 3.05) is 37.6 Å². The maximum Gasteiger partial charge on any atom is 0.416 e. The molecule has 0 saturated carbocycles. The fourth-order valence-electron chi connectivity index (χ4n) is 2.49. The summed E-state index contributed by atoms with van der Waals surface area (Å²) >= 11 is 0. The van der Waals surface area contributed by atoms with Crippen LogP contribution in [0, 0.1) is 0 Å². The summed E-state index contributed by atoms with van der Waals surface area (Å²) in [7, 11) is 0. The molecule has 112 valence electrons. The lowest BCUT2D eigenvalue weighted by atomic mass is 10.1. The summed E-state index contributed by atoms with van der Waals surface area (Å²) < 4.78 is 38.9. The first-order valence-electron chi connectivity index (χ1n) is 6.74. The van der Waals surface area contributed by atoms with Crippen LogP contribution in [0.15, 0.2) is 18.2 Å². The van der Waals surface area contributed by atoms with Crippen molar-refractivity contribution in [3.05, 3.63) is 29.3 Å². The van der Waals surface area contributed by atoms with Gasteiger partial charge < -0.3 is 14.9 Å². The zero-order valence-corrected chi connectivity index (χ0v) is 11.5. The van der Waals surface area contributed by atoms with Gasteiger partial charge in [0.1, 0.15) is 0 Å². The molecule has 1 heterocycles. The van der Waals surface area contributed by atoms with E-state index in [2.05, 4.69) is 11.8 Å². The van der Waals surface area contributed by atoms with Gasteiger partial charge in [-0.15, -0.1) is 0 Å². The van der Waals surface area contributed by atoms with Gasteiger partial charge in [-0.2, -0.15) is 13.2 Å². The average molecular weight is 288 g/mol. The molecule has 1 aliphatic heterocycles. The van der Waals surface area contributed by atoms with Crippen molar-refractivity contribution in [3.8, 4) is 0 Å². The SMILES string of the molecule is CCN1CCN(c2ccc(CO)c(C(F)(F)F)c2)CC1. The van der Waals surface area contributed by atoms with Crippen molar-refractivity contribution >= 4 is 5.69 Å². The minimum atomic E-state index is -4.43. The van der Waals surface area contributed by atoms with Crippen LogP contribution >= 0.6 is 0 Å². The number of nitrogens with zero attached hydrogens (tertiary/aromatic N) is 2. The molecular formula is C14H19F3N2O. The van der Waals surface area contributed by atoms with Crippen LogP contribution < -0.4 is 4.90 Å². The van der Waals surface area contributed by atoms with E-state index in [9.17, 15) is 13.2 Å². The second kappa shape index (κ2) is 6.01. The number of piperazine rings is 1. The van der Waals surface area contributed by atoms with Gasteiger partial charge in [-0.1, -0.05) is 13.0 Å². The summed E-state index contributed by atoms with van der Waals surface area (Å²) in [6.45, 7) is 5.61. The van der Waals surface area contributed by atoms with Crippen molar-refractivity contribution in [1.82, 2.24) is 4.90 Å². The van der Waals surface area contributed by atoms with Crippen LogP contribution in [0.25, 0.3) is 0 Å². The topological polar surface area (TPSA) is 26.7 Å². The first kappa shape index (κ1) is 15.1. The lowest BCUT2D eigenvalue weighted by molar-refractivity contribution is -0.138. The second-order valence-corrected chi connectivity index (χ2v) is 4.92. The summed E-state index contributed by atoms with van der Waals surface area (Å²) in [6.07, 6.45) is -4.43. The zero-order valence-electron chi connectivity index (χ0n) is 11.5. The van der Waals surface area contributed by atoms with Gasteiger partial charge >= 0.3 is 6.18 Å². The highest BCUT2D eigenvalue weighted by atomic mass is 19.4. The van der Waals surface area contributed by atoms with E-state index in [0.717, 1.165) is 38.8 Å². The van der Waals surface area contributed by atoms with Crippen molar-refractivity contribution < 1.29 is 18.3 Å². The first-order chi connectivity index (χ1) is 9.45. The van der Waals surface area contributed by atoms with Crippen molar-refractivity contribution in [1.29, 1.82) is 0 Å². The van der Waals surface area contributed by atoms with E-state index in [1.165, 1.54) is 6.07 Å². The van der Waals surface area contributed by atoms with Gasteiger partial charge in [-0.25, -0.2) is 0 Å². The first-order valence-corrected chi connectivity index (χ1v) is 6.74. The fraction of sp³-hybridized carbons (Fsp3) is 0.571. The number of aliphatic hydroxyl groups is 1. The molecule has 0 unspecified atom stereocenters. The van der Waals surface area contributed by atoms with Crippen LogP contribution in [0.5, 0.6) is 0 Å². The lowest BCUT2D eigenvalue weighted by Gasteiger charge is -2.35. The molecule has 0 bridgehead atoms. The Balaban J connectivity index is 2.21. The number of anilines is 1. The van der Waals surface area contributed by atoms with Gasteiger partial charge in [-0.3, -0.25) is 0 Å². The monoisotopic (exact) mass is 288 g/mol. The van der Waals surface area contributed by atoms with Crippen LogP contribution in [-0.4, -0.2) is 42.7 Å². The molecule has 0 spiro atoms. The van der Waals surface area contributed by atoms with Crippen molar-refractivity contribution in [2.45, 2.75) is 19.7 Å². The van der Waals surface area contributed by atoms with Crippen molar-refractivity contribution in [3.63, 3.8) is 0 Å². The number of aliphatic hydroxyl groups excluding tert-OH is 1. The summed E-state index contributed by atoms with van der Waals surface area (Å²) in [5.41, 5.74) is -0.242. The molecule has 1 aromatic carbocycles. The largest absolute Gasteiger partial charge is 0.416 e. The number of hydrogen-bond acceptors (Lipinski definition) is 3. The Kier molecular flexibility index (Phi) is 4.55. The summed E-state index contributed by atoms with van der Waals surface area (Å²) in [5, 5.41) is 9.03. The molecule has 0 aliphatic carbocycles. The Morgan fingerprint density at radius 1 is 1.15 bits per heavy atom. The fourth-order valence-corrected chi connectivity index (χ4v) is 2.49. The molecule has 20 heavy (non-hydrogen) atoms. The maximum absolute atomic E-state index is 13.0. The molecule has 1 aromatic rings. The van der Waals surface area contributed by atoms with E-state index in [1.54, 1.807) is 6.07 Å². The summed E-state index contributed by atoms with van der Waals surface area (Å²) in [5.74, 6) is 0. The van der Waals surface area contributed by atoms with E-state index in [4.69, 9.17) is 5.11 Å². The van der Waals surface area contributed by atoms with E-state index in [1.807, 2.05) is 4.90 Å². The number of likely N-dealkylation sites (N-methyl/N-ethyl adjacent to an activating group) is 1. The van der Waals surface area contributed by atoms with Crippen LogP contribution in [0.4, 0.5) is 18.9 Å². The average Bonchev–Trinajstić information content (AvgIpc) is 2.46. The zero-order chi connectivity index (χ0) is 14.8. The predicted molar refractivity (Wildman–Crippen MR) is 71.7 cm³/mol. The molecule has 0 aromatic heterocycles. The Hall–Kier alpha value is -1.27. The summed E-state index contributed by atoms with van der Waals surface area (Å²) in [6, 6.07) is 4.17. The number of rotatable bonds is 3. The van der Waals surface area contributed by atoms with Gasteiger partial charge in [0.15, 0.2) is 0 Å². The molecule has 1 aliphatic rings. The Morgan fingerprint density at radius 2 is 1.80 bits per heavy atom. The standard InChI is InChI=1S/C14H19F3N2O/c1-2-18-5-7-19(8-6-18)12-4-3-11(10-20)13(9-12)14(15,16)17/h3-4,9,20H,2,5-8,10H2,1H3. The van der Waals surface area contributed by atoms with E-state index >= 15 is 0 Å². The van der Waals surface area contributed by atoms with E-state index in [-0.39, 0.29) is 5.56 Å². The van der Waals surface area contributed by atoms with E-state index < -0.39 is 18.3 Å². The van der Waals surface area contributed by atoms with Crippen LogP contribution in [0.3, 0.4) is 0 Å². The predicted octanol–water partition coefficient (Wildman–Crippen LogP) is 2.34. The Bertz CT molecular complexity index is 454. The van der Waals surface area contributed by atoms with Gasteiger partial charge in [0.05, 0.1) is 12.2 Å². The Morgan fingerprint density at radius 3 is 2.30 bits per heavy atom. The number of halogens is 3. The number of benzene rings is 1. The van der Waals surface area contributed by atoms with Crippen molar-refractivity contribution in [2.24, 2.45) is 0 Å². The molecule has 0 atom stereocenters. The molecule has 1 fully saturated rings. The minimum absolute atomic E-state index is 0.0755. The molecule has 3 nitrogen and oxygen atoms in total. The van der Waals surface area contributed by atoms with Gasteiger partial charge in [0, 0.05) is 31.9 Å². The number of alkyl halides is 3. The third kappa shape index (κ3) is 3.24. The molecule has 0 amide bonds. The molecular weight excluding hydrogens is 269 g/mol. The molecule has 0 radical (unpaired) electrons. The molecule has 2 rings (SSSR count). The molecule has 6 heteroatoms. The molecule has 1 N–H and O–H groups in total. The third-order valence-corrected chi connectivity index (χ3v) is 3.75. The van der Waals surface area contributed by atoms with Gasteiger partial charge in [-0.05, 0) is 24.2 Å². The van der Waals surface area contributed by atoms with Gasteiger partial charge in [0.2, 0.25) is 0 Å². The highest BCUT2D eigenvalue weighted by molar-refractivity contribution is 5.52.